The first kappa shape index (κ1) is 4.21. The van der Waals surface area contributed by atoms with Crippen molar-refractivity contribution in [1.82, 2.24) is 0 Å². The molecular weight excluding hydrogens is 111 g/mol. The van der Waals surface area contributed by atoms with E-state index in [0.29, 0.717) is 0 Å². The van der Waals surface area contributed by atoms with Crippen molar-refractivity contribution in [3.63, 3.8) is 0 Å². The number of aliphatic hydroxyl groups is 1. The molecule has 3 heterocycles. The maximum Gasteiger partial charge on any atom is 0.731 e. The minimum Gasteiger partial charge on any atom is -0.462 e. The maximum absolute atomic E-state index is 8.74. The predicted octanol–water partition coefficient (Wildman–Crippen LogP) is -1.34. The van der Waals surface area contributed by atoms with Crippen LogP contribution in [0, 0.1) is 12.0 Å². The van der Waals surface area contributed by atoms with Gasteiger partial charge in [0, 0.05) is 5.92 Å². The third-order valence-electron chi connectivity index (χ3n) is 0.876. The van der Waals surface area contributed by atoms with Gasteiger partial charge in [0.25, 0.3) is 0 Å². The Kier molecular flexibility index (Phi) is 0.528. The third-order valence-corrected chi connectivity index (χ3v) is 0.876. The normalized spacial score (nSPS) is 26.9. The molecule has 1 fully saturated rings. The fourth-order valence-electron chi connectivity index (χ4n) is 0.519. The number of fused-ring (bicyclic) bond motifs is 1. The third kappa shape index (κ3) is 0.370. The van der Waals surface area contributed by atoms with Crippen molar-refractivity contribution in [2.24, 2.45) is 0 Å². The van der Waals surface area contributed by atoms with Crippen molar-refractivity contribution < 1.29 is 19.1 Å². The molecule has 8 heavy (non-hydrogen) atoms. The summed E-state index contributed by atoms with van der Waals surface area (Å²) >= 11 is 0. The van der Waals surface area contributed by atoms with Crippen LogP contribution in [0.4, 0.5) is 0 Å². The summed E-state index contributed by atoms with van der Waals surface area (Å²) in [4.78, 5) is 0. The summed E-state index contributed by atoms with van der Waals surface area (Å²) in [5.41, 5.74) is 0. The molecule has 0 aromatic rings. The lowest BCUT2D eigenvalue weighted by molar-refractivity contribution is -0.330. The molecule has 0 radical (unpaired) electrons. The second-order valence-electron chi connectivity index (χ2n) is 1.45. The summed E-state index contributed by atoms with van der Waals surface area (Å²) in [5.74, 6) is 0.499. The zero-order valence-corrected chi connectivity index (χ0v) is 3.75. The van der Waals surface area contributed by atoms with Crippen LogP contribution in [-0.2, 0) is 14.0 Å². The van der Waals surface area contributed by atoms with E-state index in [4.69, 9.17) is 5.11 Å². The highest BCUT2D eigenvalue weighted by Crippen LogP contribution is 2.25. The van der Waals surface area contributed by atoms with Crippen molar-refractivity contribution in [2.45, 2.75) is 5.97 Å². The summed E-state index contributed by atoms with van der Waals surface area (Å²) in [6, 6.07) is 0. The van der Waals surface area contributed by atoms with Gasteiger partial charge in [-0.2, -0.15) is 0 Å². The Labute approximate surface area is 45.5 Å². The molecule has 0 spiro atoms. The van der Waals surface area contributed by atoms with Gasteiger partial charge < -0.3 is 19.1 Å². The highest BCUT2D eigenvalue weighted by Gasteiger charge is 2.55. The van der Waals surface area contributed by atoms with E-state index in [1.165, 1.54) is 0 Å². The van der Waals surface area contributed by atoms with E-state index in [0.717, 1.165) is 0 Å². The average molecular weight is 112 g/mol. The van der Waals surface area contributed by atoms with Gasteiger partial charge in [0.2, 0.25) is 0 Å². The van der Waals surface area contributed by atoms with Gasteiger partial charge in [0.1, 0.15) is 6.11 Å². The largest absolute Gasteiger partial charge is 0.731 e. The summed E-state index contributed by atoms with van der Waals surface area (Å²) in [7, 11) is -0.777. The Morgan fingerprint density at radius 2 is 2.25 bits per heavy atom. The zero-order valence-electron chi connectivity index (χ0n) is 3.75. The molecule has 0 aromatic carbocycles. The van der Waals surface area contributed by atoms with Crippen LogP contribution >= 0.6 is 0 Å². The lowest BCUT2D eigenvalue weighted by atomic mass is 10.1. The average Bonchev–Trinajstić information content (AvgIpc) is 1.63. The zero-order chi connectivity index (χ0) is 5.61. The van der Waals surface area contributed by atoms with E-state index in [9.17, 15) is 0 Å². The summed E-state index contributed by atoms with van der Waals surface area (Å²) in [6.07, 6.45) is 2.17. The van der Waals surface area contributed by atoms with Crippen LogP contribution in [-0.4, -0.2) is 18.4 Å². The number of hydrogen-bond donors (Lipinski definition) is 1. The van der Waals surface area contributed by atoms with Gasteiger partial charge in [-0.15, -0.1) is 0 Å². The van der Waals surface area contributed by atoms with Crippen molar-refractivity contribution in [2.75, 3.05) is 0 Å². The smallest absolute Gasteiger partial charge is 0.462 e. The Morgan fingerprint density at radius 3 is 2.50 bits per heavy atom. The van der Waals surface area contributed by atoms with Crippen LogP contribution in [0.5, 0.6) is 0 Å². The summed E-state index contributed by atoms with van der Waals surface area (Å²) in [5, 5.41) is 8.74. The highest BCUT2D eigenvalue weighted by atomic mass is 17.0. The molecule has 4 nitrogen and oxygen atoms in total. The highest BCUT2D eigenvalue weighted by molar-refractivity contribution is 6.40. The Morgan fingerprint density at radius 1 is 1.50 bits per heavy atom. The minimum atomic E-state index is -1.66. The van der Waals surface area contributed by atoms with Crippen molar-refractivity contribution in [3.8, 4) is 12.0 Å². The van der Waals surface area contributed by atoms with Gasteiger partial charge in [0.05, 0.1) is 0 Å². The SMILES string of the molecule is OC12C#COB(O1)O2. The van der Waals surface area contributed by atoms with Crippen LogP contribution in [0.25, 0.3) is 0 Å². The maximum atomic E-state index is 8.74. The van der Waals surface area contributed by atoms with Crippen LogP contribution in [0.2, 0.25) is 0 Å². The molecule has 3 rings (SSSR count). The lowest BCUT2D eigenvalue weighted by Gasteiger charge is -2.36. The molecule has 3 aliphatic heterocycles. The topological polar surface area (TPSA) is 47.9 Å². The van der Waals surface area contributed by atoms with Gasteiger partial charge in [-0.3, -0.25) is 0 Å². The quantitative estimate of drug-likeness (QED) is 0.311. The van der Waals surface area contributed by atoms with E-state index >= 15 is 0 Å². The first-order valence-electron chi connectivity index (χ1n) is 2.04. The van der Waals surface area contributed by atoms with Crippen LogP contribution < -0.4 is 0 Å². The molecule has 40 valence electrons. The Bertz CT molecular complexity index is 173. The second kappa shape index (κ2) is 1.00. The molecule has 0 unspecified atom stereocenters. The molecule has 1 N–H and O–H groups in total. The molecule has 1 saturated heterocycles. The van der Waals surface area contributed by atoms with Crippen LogP contribution in [0.1, 0.15) is 0 Å². The fraction of sp³-hybridized carbons (Fsp3) is 0.333. The summed E-state index contributed by atoms with van der Waals surface area (Å²) in [6.45, 7) is 0. The molecule has 0 amide bonds. The van der Waals surface area contributed by atoms with E-state index < -0.39 is 13.3 Å². The Hall–Kier alpha value is -0.695. The Balaban J connectivity index is 2.32. The van der Waals surface area contributed by atoms with Gasteiger partial charge >= 0.3 is 13.3 Å². The molecule has 2 bridgehead atoms. The number of hydrogen-bond acceptors (Lipinski definition) is 4. The van der Waals surface area contributed by atoms with Crippen molar-refractivity contribution in [3.05, 3.63) is 0 Å². The minimum absolute atomic E-state index is 0.777. The molecule has 0 atom stereocenters. The first-order valence-corrected chi connectivity index (χ1v) is 2.04. The monoisotopic (exact) mass is 112 g/mol. The van der Waals surface area contributed by atoms with Gasteiger partial charge in [-0.25, -0.2) is 0 Å². The molecule has 0 aliphatic carbocycles. The van der Waals surface area contributed by atoms with E-state index in [1.807, 2.05) is 0 Å². The molecular formula is C3HBO4. The van der Waals surface area contributed by atoms with Gasteiger partial charge in [-0.1, -0.05) is 0 Å². The van der Waals surface area contributed by atoms with E-state index in [1.54, 1.807) is 0 Å². The van der Waals surface area contributed by atoms with Crippen LogP contribution in [0.3, 0.4) is 0 Å². The van der Waals surface area contributed by atoms with Crippen molar-refractivity contribution in [1.29, 1.82) is 0 Å². The number of rotatable bonds is 0. The second-order valence-corrected chi connectivity index (χ2v) is 1.45. The van der Waals surface area contributed by atoms with Crippen molar-refractivity contribution >= 4 is 7.32 Å². The van der Waals surface area contributed by atoms with Gasteiger partial charge in [-0.05, 0) is 0 Å². The van der Waals surface area contributed by atoms with E-state index in [-0.39, 0.29) is 0 Å². The molecule has 0 saturated carbocycles. The van der Waals surface area contributed by atoms with E-state index in [2.05, 4.69) is 26.0 Å². The standard InChI is InChI=1S/C3HBO4/c5-3-1-2-6-4(7-3)8-3/h5H. The fourth-order valence-corrected chi connectivity index (χ4v) is 0.519. The first-order chi connectivity index (χ1) is 3.79. The van der Waals surface area contributed by atoms with Gasteiger partial charge in [0.15, 0.2) is 0 Å². The van der Waals surface area contributed by atoms with Crippen LogP contribution in [0.15, 0.2) is 0 Å². The molecule has 0 aromatic heterocycles. The predicted molar refractivity (Wildman–Crippen MR) is 21.7 cm³/mol. The lowest BCUT2D eigenvalue weighted by Crippen LogP contribution is -2.59. The molecule has 3 aliphatic rings. The summed E-state index contributed by atoms with van der Waals surface area (Å²) < 4.78 is 13.4. The molecule has 5 heteroatoms.